The molecule has 1 heterocycles. The number of sulfonamides is 1. The van der Waals surface area contributed by atoms with Crippen LogP contribution in [0.2, 0.25) is 0 Å². The molecule has 0 atom stereocenters. The van der Waals surface area contributed by atoms with E-state index in [1.54, 1.807) is 18.2 Å². The second kappa shape index (κ2) is 11.5. The van der Waals surface area contributed by atoms with Crippen molar-refractivity contribution in [1.29, 1.82) is 0 Å². The van der Waals surface area contributed by atoms with Gasteiger partial charge in [0.2, 0.25) is 0 Å². The molecule has 11 heteroatoms. The number of hydrogen-bond acceptors (Lipinski definition) is 6. The zero-order valence-corrected chi connectivity index (χ0v) is 23.3. The minimum atomic E-state index is -4.16. The highest BCUT2D eigenvalue weighted by atomic mass is 32.2. The zero-order valence-electron chi connectivity index (χ0n) is 22.5. The Bertz CT molecular complexity index is 1690. The molecule has 0 aliphatic rings. The summed E-state index contributed by atoms with van der Waals surface area (Å²) in [4.78, 5) is 23.3. The highest BCUT2D eigenvalue weighted by Crippen LogP contribution is 2.26. The van der Waals surface area contributed by atoms with Crippen molar-refractivity contribution in [2.75, 3.05) is 10.8 Å². The molecule has 3 aromatic carbocycles. The van der Waals surface area contributed by atoms with E-state index in [2.05, 4.69) is 41.1 Å². The number of nitro benzene ring substituents is 1. The predicted molar refractivity (Wildman–Crippen MR) is 155 cm³/mol. The molecule has 0 unspecified atom stereocenters. The van der Waals surface area contributed by atoms with E-state index in [1.165, 1.54) is 53.7 Å². The van der Waals surface area contributed by atoms with Crippen molar-refractivity contribution in [3.8, 4) is 5.69 Å². The number of anilines is 1. The maximum atomic E-state index is 13.4. The van der Waals surface area contributed by atoms with Crippen LogP contribution in [-0.2, 0) is 14.8 Å². The first-order valence-corrected chi connectivity index (χ1v) is 13.8. The van der Waals surface area contributed by atoms with E-state index >= 15 is 0 Å². The summed E-state index contributed by atoms with van der Waals surface area (Å²) >= 11 is 0. The van der Waals surface area contributed by atoms with Crippen LogP contribution in [0, 0.1) is 37.8 Å². The summed E-state index contributed by atoms with van der Waals surface area (Å²) in [7, 11) is -4.16. The number of hydrazone groups is 1. The van der Waals surface area contributed by atoms with E-state index in [0.29, 0.717) is 0 Å². The van der Waals surface area contributed by atoms with E-state index in [1.807, 2.05) is 26.0 Å². The molecular weight excluding hydrogens is 530 g/mol. The Morgan fingerprint density at radius 3 is 2.27 bits per heavy atom. The van der Waals surface area contributed by atoms with Crippen molar-refractivity contribution in [3.05, 3.63) is 117 Å². The molecule has 0 saturated heterocycles. The number of non-ortho nitro benzene ring substituents is 1. The molecule has 0 saturated carbocycles. The summed E-state index contributed by atoms with van der Waals surface area (Å²) in [6.07, 6.45) is 1.51. The number of rotatable bonds is 9. The average Bonchev–Trinajstić information content (AvgIpc) is 3.21. The summed E-state index contributed by atoms with van der Waals surface area (Å²) in [5, 5.41) is 15.1. The number of benzene rings is 3. The first-order chi connectivity index (χ1) is 19.0. The van der Waals surface area contributed by atoms with Crippen molar-refractivity contribution in [1.82, 2.24) is 9.99 Å². The molecule has 4 aromatic rings. The van der Waals surface area contributed by atoms with Crippen molar-refractivity contribution in [2.24, 2.45) is 5.10 Å². The number of carbonyl (C=O) groups excluding carboxylic acids is 1. The number of amides is 1. The van der Waals surface area contributed by atoms with E-state index in [0.717, 1.165) is 26.9 Å². The van der Waals surface area contributed by atoms with Crippen LogP contribution in [-0.4, -0.2) is 36.6 Å². The third-order valence-corrected chi connectivity index (χ3v) is 8.37. The van der Waals surface area contributed by atoms with Crippen LogP contribution in [0.3, 0.4) is 0 Å². The Morgan fingerprint density at radius 2 is 1.65 bits per heavy atom. The van der Waals surface area contributed by atoms with Crippen LogP contribution >= 0.6 is 0 Å². The Labute approximate surface area is 232 Å². The van der Waals surface area contributed by atoms with Crippen molar-refractivity contribution in [2.45, 2.75) is 32.6 Å². The topological polar surface area (TPSA) is 127 Å². The van der Waals surface area contributed by atoms with Gasteiger partial charge in [0.1, 0.15) is 6.54 Å². The monoisotopic (exact) mass is 559 g/mol. The van der Waals surface area contributed by atoms with Gasteiger partial charge < -0.3 is 4.57 Å². The van der Waals surface area contributed by atoms with Gasteiger partial charge in [-0.15, -0.1) is 0 Å². The van der Waals surface area contributed by atoms with E-state index < -0.39 is 27.4 Å². The van der Waals surface area contributed by atoms with Crippen molar-refractivity contribution < 1.29 is 18.1 Å². The molecule has 1 aromatic heterocycles. The largest absolute Gasteiger partial charge is 0.318 e. The van der Waals surface area contributed by atoms with Crippen LogP contribution in [0.25, 0.3) is 5.69 Å². The van der Waals surface area contributed by atoms with E-state index in [-0.39, 0.29) is 16.3 Å². The lowest BCUT2D eigenvalue weighted by Crippen LogP contribution is -2.39. The molecule has 0 aliphatic heterocycles. The third-order valence-electron chi connectivity index (χ3n) is 6.58. The van der Waals surface area contributed by atoms with Crippen LogP contribution in [0.4, 0.5) is 11.4 Å². The lowest BCUT2D eigenvalue weighted by Gasteiger charge is -2.23. The lowest BCUT2D eigenvalue weighted by atomic mass is 10.1. The minimum Gasteiger partial charge on any atom is -0.318 e. The Hall–Kier alpha value is -4.77. The summed E-state index contributed by atoms with van der Waals surface area (Å²) in [5.41, 5.74) is 8.42. The lowest BCUT2D eigenvalue weighted by molar-refractivity contribution is -0.384. The molecule has 0 spiro atoms. The number of nitrogens with zero attached hydrogens (tertiary/aromatic N) is 4. The van der Waals surface area contributed by atoms with Crippen molar-refractivity contribution in [3.63, 3.8) is 0 Å². The number of hydrogen-bond donors (Lipinski definition) is 1. The minimum absolute atomic E-state index is 0.0246. The Balaban J connectivity index is 1.56. The molecule has 4 rings (SSSR count). The molecule has 10 nitrogen and oxygen atoms in total. The second-order valence-electron chi connectivity index (χ2n) is 9.32. The highest BCUT2D eigenvalue weighted by Gasteiger charge is 2.27. The smallest absolute Gasteiger partial charge is 0.269 e. The molecule has 0 bridgehead atoms. The molecule has 40 heavy (non-hydrogen) atoms. The molecule has 0 aliphatic carbocycles. The average molecular weight is 560 g/mol. The fourth-order valence-corrected chi connectivity index (χ4v) is 5.74. The number of nitro groups is 1. The predicted octanol–water partition coefficient (Wildman–Crippen LogP) is 4.96. The van der Waals surface area contributed by atoms with E-state index in [4.69, 9.17) is 0 Å². The molecule has 1 amide bonds. The van der Waals surface area contributed by atoms with Crippen LogP contribution in [0.5, 0.6) is 0 Å². The van der Waals surface area contributed by atoms with E-state index in [9.17, 15) is 23.3 Å². The fourth-order valence-electron chi connectivity index (χ4n) is 4.30. The first-order valence-electron chi connectivity index (χ1n) is 12.4. The van der Waals surface area contributed by atoms with Gasteiger partial charge in [-0.3, -0.25) is 19.2 Å². The normalized spacial score (nSPS) is 11.5. The third kappa shape index (κ3) is 5.94. The maximum Gasteiger partial charge on any atom is 0.269 e. The fraction of sp³-hybridized carbons (Fsp3) is 0.172. The molecule has 0 fully saturated rings. The van der Waals surface area contributed by atoms with Gasteiger partial charge in [-0.2, -0.15) is 5.10 Å². The van der Waals surface area contributed by atoms with Gasteiger partial charge in [0.25, 0.3) is 21.6 Å². The Morgan fingerprint density at radius 1 is 0.975 bits per heavy atom. The van der Waals surface area contributed by atoms with Crippen LogP contribution < -0.4 is 9.73 Å². The number of carbonyl (C=O) groups is 1. The van der Waals surface area contributed by atoms with Gasteiger partial charge in [-0.05, 0) is 81.3 Å². The summed E-state index contributed by atoms with van der Waals surface area (Å²) in [5.74, 6) is -0.683. The molecular formula is C29H29N5O5S. The Kier molecular flexibility index (Phi) is 8.15. The quantitative estimate of drug-likeness (QED) is 0.176. The van der Waals surface area contributed by atoms with Gasteiger partial charge in [-0.1, -0.05) is 24.3 Å². The summed E-state index contributed by atoms with van der Waals surface area (Å²) in [6.45, 7) is 7.46. The number of aromatic nitrogens is 1. The van der Waals surface area contributed by atoms with Crippen LogP contribution in [0.15, 0.2) is 88.9 Å². The second-order valence-corrected chi connectivity index (χ2v) is 11.2. The standard InChI is InChI=1S/C29H29N5O5S/c1-20-10-11-27(16-21(20)2)33-22(3)17-24(23(33)4)18-30-31-29(35)19-32(25-12-14-26(15-13-25)34(36)37)40(38,39)28-8-6-5-7-9-28/h5-18H,19H2,1-4H3,(H,31,35)/b30-18+. The molecule has 1 N–H and O–H groups in total. The maximum absolute atomic E-state index is 13.4. The van der Waals surface area contributed by atoms with Gasteiger partial charge in [-0.25, -0.2) is 13.8 Å². The molecule has 206 valence electrons. The van der Waals surface area contributed by atoms with Gasteiger partial charge in [0, 0.05) is 34.8 Å². The van der Waals surface area contributed by atoms with Gasteiger partial charge >= 0.3 is 0 Å². The highest BCUT2D eigenvalue weighted by molar-refractivity contribution is 7.92. The number of aryl methyl sites for hydroxylation is 3. The van der Waals surface area contributed by atoms with Crippen LogP contribution in [0.1, 0.15) is 28.1 Å². The summed E-state index contributed by atoms with van der Waals surface area (Å²) < 4.78 is 29.8. The van der Waals surface area contributed by atoms with Gasteiger partial charge in [0.15, 0.2) is 0 Å². The SMILES string of the molecule is Cc1ccc(-n2c(C)cc(/C=N/NC(=O)CN(c3ccc([N+](=O)[O-])cc3)S(=O)(=O)c3ccccc3)c2C)cc1C. The summed E-state index contributed by atoms with van der Waals surface area (Å²) in [6, 6.07) is 20.8. The first kappa shape index (κ1) is 28.2. The van der Waals surface area contributed by atoms with Gasteiger partial charge in [0.05, 0.1) is 21.7 Å². The van der Waals surface area contributed by atoms with Crippen molar-refractivity contribution >= 4 is 33.5 Å². The number of nitrogens with one attached hydrogen (secondary N) is 1. The molecule has 0 radical (unpaired) electrons. The zero-order chi connectivity index (χ0) is 29.0.